The second kappa shape index (κ2) is 4.02. The van der Waals surface area contributed by atoms with Crippen molar-refractivity contribution in [1.82, 2.24) is 0 Å². The van der Waals surface area contributed by atoms with Crippen LogP contribution in [0, 0.1) is 5.82 Å². The van der Waals surface area contributed by atoms with E-state index in [1.807, 2.05) is 0 Å². The molecule has 0 aromatic heterocycles. The highest BCUT2D eigenvalue weighted by Crippen LogP contribution is 2.28. The van der Waals surface area contributed by atoms with Gasteiger partial charge in [0.15, 0.2) is 6.10 Å². The Labute approximate surface area is 91.6 Å². The number of carbonyl (C=O) groups excluding carboxylic acids is 2. The Morgan fingerprint density at radius 3 is 2.81 bits per heavy atom. The molecule has 0 bridgehead atoms. The maximum Gasteiger partial charge on any atom is 0.259 e. The number of halogens is 1. The number of anilines is 1. The van der Waals surface area contributed by atoms with Crippen molar-refractivity contribution in [2.45, 2.75) is 12.1 Å². The molecule has 0 spiro atoms. The largest absolute Gasteiger partial charge is 0.369 e. The Hall–Kier alpha value is -1.75. The van der Waals surface area contributed by atoms with E-state index in [1.165, 1.54) is 30.2 Å². The van der Waals surface area contributed by atoms with E-state index in [0.29, 0.717) is 12.0 Å². The zero-order chi connectivity index (χ0) is 11.7. The van der Waals surface area contributed by atoms with Gasteiger partial charge in [-0.05, 0) is 18.2 Å². The van der Waals surface area contributed by atoms with Gasteiger partial charge < -0.3 is 9.53 Å². The van der Waals surface area contributed by atoms with Crippen LogP contribution >= 0.6 is 0 Å². The molecule has 4 nitrogen and oxygen atoms in total. The van der Waals surface area contributed by atoms with E-state index in [4.69, 9.17) is 4.74 Å². The van der Waals surface area contributed by atoms with E-state index in [1.54, 1.807) is 6.07 Å². The van der Waals surface area contributed by atoms with Crippen LogP contribution in [0.1, 0.15) is 0 Å². The minimum Gasteiger partial charge on any atom is -0.369 e. The molecule has 2 unspecified atom stereocenters. The molecule has 84 valence electrons. The zero-order valence-electron chi connectivity index (χ0n) is 8.59. The van der Waals surface area contributed by atoms with Crippen LogP contribution in [0.4, 0.5) is 10.1 Å². The molecule has 1 aromatic rings. The van der Waals surface area contributed by atoms with Crippen molar-refractivity contribution in [3.8, 4) is 0 Å². The van der Waals surface area contributed by atoms with Crippen LogP contribution in [0.5, 0.6) is 0 Å². The number of β-lactam (4-membered cyclic amide) rings is 1. The fourth-order valence-corrected chi connectivity index (χ4v) is 1.78. The molecule has 0 N–H and O–H groups in total. The first-order chi connectivity index (χ1) is 7.69. The number of amides is 1. The van der Waals surface area contributed by atoms with Crippen molar-refractivity contribution in [2.24, 2.45) is 0 Å². The van der Waals surface area contributed by atoms with Crippen LogP contribution in [0.2, 0.25) is 0 Å². The van der Waals surface area contributed by atoms with Crippen molar-refractivity contribution < 1.29 is 18.7 Å². The topological polar surface area (TPSA) is 46.6 Å². The maximum atomic E-state index is 13.0. The second-order valence-electron chi connectivity index (χ2n) is 3.47. The van der Waals surface area contributed by atoms with E-state index in [-0.39, 0.29) is 5.91 Å². The molecule has 1 aliphatic rings. The van der Waals surface area contributed by atoms with Gasteiger partial charge in [0.25, 0.3) is 5.91 Å². The fourth-order valence-electron chi connectivity index (χ4n) is 1.78. The minimum atomic E-state index is -0.749. The number of rotatable bonds is 3. The molecule has 2 rings (SSSR count). The molecule has 1 saturated heterocycles. The van der Waals surface area contributed by atoms with Crippen LogP contribution in [0.15, 0.2) is 24.3 Å². The predicted molar refractivity (Wildman–Crippen MR) is 54.5 cm³/mol. The van der Waals surface area contributed by atoms with Gasteiger partial charge in [0, 0.05) is 12.8 Å². The first kappa shape index (κ1) is 10.8. The summed E-state index contributed by atoms with van der Waals surface area (Å²) in [6.45, 7) is 0. The second-order valence-corrected chi connectivity index (χ2v) is 3.47. The molecule has 0 aliphatic carbocycles. The zero-order valence-corrected chi connectivity index (χ0v) is 8.59. The molecule has 1 amide bonds. The van der Waals surface area contributed by atoms with E-state index < -0.39 is 18.0 Å². The molecular formula is C11H10FNO3. The standard InChI is InChI=1S/C11H10FNO3/c1-16-10-9(6-14)13(11(10)15)8-4-2-3-7(12)5-8/h2-6,9-10H,1H3. The van der Waals surface area contributed by atoms with Crippen molar-refractivity contribution in [3.05, 3.63) is 30.1 Å². The molecule has 0 saturated carbocycles. The summed E-state index contributed by atoms with van der Waals surface area (Å²) in [5.74, 6) is -0.777. The summed E-state index contributed by atoms with van der Waals surface area (Å²) in [4.78, 5) is 23.6. The third-order valence-corrected chi connectivity index (χ3v) is 2.57. The van der Waals surface area contributed by atoms with Gasteiger partial charge in [0.1, 0.15) is 18.1 Å². The number of hydrogen-bond acceptors (Lipinski definition) is 3. The summed E-state index contributed by atoms with van der Waals surface area (Å²) in [5.41, 5.74) is 0.371. The van der Waals surface area contributed by atoms with Crippen molar-refractivity contribution in [3.63, 3.8) is 0 Å². The fraction of sp³-hybridized carbons (Fsp3) is 0.273. The summed E-state index contributed by atoms with van der Waals surface area (Å²) in [7, 11) is 1.36. The Morgan fingerprint density at radius 2 is 2.25 bits per heavy atom. The molecule has 1 aromatic carbocycles. The van der Waals surface area contributed by atoms with Gasteiger partial charge in [-0.3, -0.25) is 9.69 Å². The van der Waals surface area contributed by atoms with E-state index in [9.17, 15) is 14.0 Å². The Balaban J connectivity index is 2.29. The third-order valence-electron chi connectivity index (χ3n) is 2.57. The number of carbonyl (C=O) groups is 2. The Morgan fingerprint density at radius 1 is 1.50 bits per heavy atom. The molecule has 16 heavy (non-hydrogen) atoms. The summed E-state index contributed by atoms with van der Waals surface area (Å²) in [5, 5.41) is 0. The minimum absolute atomic E-state index is 0.329. The smallest absolute Gasteiger partial charge is 0.259 e. The number of aldehydes is 1. The third kappa shape index (κ3) is 1.49. The van der Waals surface area contributed by atoms with Gasteiger partial charge in [0.05, 0.1) is 0 Å². The molecule has 2 atom stereocenters. The van der Waals surface area contributed by atoms with E-state index in [2.05, 4.69) is 0 Å². The van der Waals surface area contributed by atoms with Gasteiger partial charge in [-0.1, -0.05) is 6.07 Å². The van der Waals surface area contributed by atoms with Gasteiger partial charge in [-0.25, -0.2) is 4.39 Å². The summed E-state index contributed by atoms with van der Waals surface area (Å²) < 4.78 is 17.8. The van der Waals surface area contributed by atoms with Crippen LogP contribution in [-0.2, 0) is 14.3 Å². The normalized spacial score (nSPS) is 24.1. The Kier molecular flexibility index (Phi) is 2.70. The monoisotopic (exact) mass is 223 g/mol. The predicted octanol–water partition coefficient (Wildman–Crippen LogP) is 0.755. The molecule has 1 fully saturated rings. The lowest BCUT2D eigenvalue weighted by molar-refractivity contribution is -0.142. The highest BCUT2D eigenvalue weighted by molar-refractivity contribution is 6.09. The van der Waals surface area contributed by atoms with Gasteiger partial charge in [0.2, 0.25) is 0 Å². The van der Waals surface area contributed by atoms with Crippen LogP contribution < -0.4 is 4.90 Å². The summed E-state index contributed by atoms with van der Waals surface area (Å²) >= 11 is 0. The molecular weight excluding hydrogens is 213 g/mol. The first-order valence-corrected chi connectivity index (χ1v) is 4.75. The first-order valence-electron chi connectivity index (χ1n) is 4.75. The van der Waals surface area contributed by atoms with E-state index in [0.717, 1.165) is 0 Å². The average molecular weight is 223 g/mol. The number of nitrogens with zero attached hydrogens (tertiary/aromatic N) is 1. The summed E-state index contributed by atoms with van der Waals surface area (Å²) in [6.07, 6.45) is -0.124. The van der Waals surface area contributed by atoms with Crippen molar-refractivity contribution in [2.75, 3.05) is 12.0 Å². The lowest BCUT2D eigenvalue weighted by Crippen LogP contribution is -2.66. The van der Waals surface area contributed by atoms with Crippen LogP contribution in [-0.4, -0.2) is 31.4 Å². The average Bonchev–Trinajstić information content (AvgIpc) is 2.26. The van der Waals surface area contributed by atoms with Gasteiger partial charge in [-0.2, -0.15) is 0 Å². The summed E-state index contributed by atoms with van der Waals surface area (Å²) in [6, 6.07) is 4.88. The highest BCUT2D eigenvalue weighted by atomic mass is 19.1. The van der Waals surface area contributed by atoms with Crippen molar-refractivity contribution >= 4 is 17.9 Å². The molecule has 5 heteroatoms. The van der Waals surface area contributed by atoms with Crippen LogP contribution in [0.3, 0.4) is 0 Å². The Bertz CT molecular complexity index is 435. The maximum absolute atomic E-state index is 13.0. The van der Waals surface area contributed by atoms with Gasteiger partial charge in [-0.15, -0.1) is 0 Å². The van der Waals surface area contributed by atoms with Crippen LogP contribution in [0.25, 0.3) is 0 Å². The van der Waals surface area contributed by atoms with E-state index >= 15 is 0 Å². The lowest BCUT2D eigenvalue weighted by Gasteiger charge is -2.42. The number of ether oxygens (including phenoxy) is 1. The molecule has 1 heterocycles. The number of hydrogen-bond donors (Lipinski definition) is 0. The highest BCUT2D eigenvalue weighted by Gasteiger charge is 2.48. The quantitative estimate of drug-likeness (QED) is 0.561. The molecule has 0 radical (unpaired) electrons. The number of benzene rings is 1. The van der Waals surface area contributed by atoms with Gasteiger partial charge >= 0.3 is 0 Å². The SMILES string of the molecule is COC1C(=O)N(c2cccc(F)c2)C1C=O. The lowest BCUT2D eigenvalue weighted by atomic mass is 9.98. The molecule has 1 aliphatic heterocycles. The number of methoxy groups -OCH3 is 1. The van der Waals surface area contributed by atoms with Crippen molar-refractivity contribution in [1.29, 1.82) is 0 Å².